The van der Waals surface area contributed by atoms with Crippen molar-refractivity contribution >= 4 is 36.2 Å². The third-order valence-corrected chi connectivity index (χ3v) is 6.46. The first-order chi connectivity index (χ1) is 20.2. The van der Waals surface area contributed by atoms with Gasteiger partial charge >= 0.3 is 5.97 Å². The van der Waals surface area contributed by atoms with Gasteiger partial charge in [0.25, 0.3) is 5.91 Å². The first-order valence-corrected chi connectivity index (χ1v) is 14.2. The first-order valence-electron chi connectivity index (χ1n) is 14.2. The second-order valence-corrected chi connectivity index (χ2v) is 10.4. The topological polar surface area (TPSA) is 143 Å². The summed E-state index contributed by atoms with van der Waals surface area (Å²) in [7, 11) is 1.24. The Morgan fingerprint density at radius 2 is 1.50 bits per heavy atom. The highest BCUT2D eigenvalue weighted by molar-refractivity contribution is 6.04. The molecular weight excluding hydrogens is 536 g/mol. The predicted octanol–water partition coefficient (Wildman–Crippen LogP) is 2.88. The fraction of sp³-hybridized carbons (Fsp3) is 0.406. The van der Waals surface area contributed by atoms with Crippen molar-refractivity contribution < 1.29 is 28.7 Å². The van der Waals surface area contributed by atoms with Crippen LogP contribution in [0.5, 0.6) is 0 Å². The lowest BCUT2D eigenvalue weighted by atomic mass is 10.0. The molecule has 0 aliphatic heterocycles. The van der Waals surface area contributed by atoms with Gasteiger partial charge in [-0.3, -0.25) is 19.2 Å². The van der Waals surface area contributed by atoms with Gasteiger partial charge in [-0.05, 0) is 36.0 Å². The number of carbonyl (C=O) groups is 5. The molecule has 0 bridgehead atoms. The van der Waals surface area contributed by atoms with E-state index in [1.165, 1.54) is 13.2 Å². The highest BCUT2D eigenvalue weighted by Gasteiger charge is 2.29. The number of methoxy groups -OCH3 is 1. The maximum absolute atomic E-state index is 13.6. The second-order valence-electron chi connectivity index (χ2n) is 10.4. The number of benzene rings is 2. The van der Waals surface area contributed by atoms with Crippen molar-refractivity contribution in [3.05, 3.63) is 77.5 Å². The molecule has 2 rings (SSSR count). The SMILES string of the molecule is CCCC[C@H](NC=O)C(=O)N[C@@H](CC(C)C)C(=O)N/C(=C\c1ccccc1)C(=O)N[C@@H](Cc1ccccc1)C(=O)OC. The fourth-order valence-electron chi connectivity index (χ4n) is 4.27. The molecule has 0 heterocycles. The van der Waals surface area contributed by atoms with Gasteiger partial charge < -0.3 is 26.0 Å². The lowest BCUT2D eigenvalue weighted by molar-refractivity contribution is -0.144. The number of esters is 1. The molecule has 42 heavy (non-hydrogen) atoms. The van der Waals surface area contributed by atoms with Crippen molar-refractivity contribution in [1.82, 2.24) is 21.3 Å². The largest absolute Gasteiger partial charge is 0.467 e. The van der Waals surface area contributed by atoms with Crippen LogP contribution in [-0.2, 0) is 35.1 Å². The van der Waals surface area contributed by atoms with Crippen LogP contribution in [-0.4, -0.2) is 55.3 Å². The molecule has 0 spiro atoms. The summed E-state index contributed by atoms with van der Waals surface area (Å²) in [5.74, 6) is -2.39. The molecule has 0 radical (unpaired) electrons. The van der Waals surface area contributed by atoms with Gasteiger partial charge in [-0.15, -0.1) is 0 Å². The Morgan fingerprint density at radius 3 is 2.07 bits per heavy atom. The summed E-state index contributed by atoms with van der Waals surface area (Å²) in [6, 6.07) is 15.3. The van der Waals surface area contributed by atoms with Crippen LogP contribution < -0.4 is 21.3 Å². The van der Waals surface area contributed by atoms with Crippen LogP contribution in [0.15, 0.2) is 66.4 Å². The van der Waals surface area contributed by atoms with Crippen LogP contribution in [0.2, 0.25) is 0 Å². The maximum atomic E-state index is 13.6. The van der Waals surface area contributed by atoms with Crippen LogP contribution >= 0.6 is 0 Å². The van der Waals surface area contributed by atoms with Crippen molar-refractivity contribution in [2.45, 2.75) is 71.0 Å². The Labute approximate surface area is 247 Å². The normalized spacial score (nSPS) is 13.3. The number of ether oxygens (including phenoxy) is 1. The van der Waals surface area contributed by atoms with E-state index < -0.39 is 41.8 Å². The van der Waals surface area contributed by atoms with Crippen LogP contribution in [0.3, 0.4) is 0 Å². The molecule has 0 unspecified atom stereocenters. The molecule has 10 nitrogen and oxygen atoms in total. The third-order valence-electron chi connectivity index (χ3n) is 6.46. The highest BCUT2D eigenvalue weighted by atomic mass is 16.5. The predicted molar refractivity (Wildman–Crippen MR) is 161 cm³/mol. The highest BCUT2D eigenvalue weighted by Crippen LogP contribution is 2.11. The quantitative estimate of drug-likeness (QED) is 0.129. The van der Waals surface area contributed by atoms with E-state index in [1.807, 2.05) is 57.2 Å². The van der Waals surface area contributed by atoms with Crippen molar-refractivity contribution in [3.8, 4) is 0 Å². The molecule has 10 heteroatoms. The van der Waals surface area contributed by atoms with Gasteiger partial charge in [-0.2, -0.15) is 0 Å². The molecule has 4 N–H and O–H groups in total. The lowest BCUT2D eigenvalue weighted by Gasteiger charge is -2.24. The van der Waals surface area contributed by atoms with Crippen LogP contribution in [0.1, 0.15) is 57.6 Å². The molecule has 0 fully saturated rings. The van der Waals surface area contributed by atoms with Crippen molar-refractivity contribution in [2.75, 3.05) is 7.11 Å². The minimum atomic E-state index is -1.01. The van der Waals surface area contributed by atoms with E-state index in [4.69, 9.17) is 4.74 Å². The van der Waals surface area contributed by atoms with Crippen LogP contribution in [0.4, 0.5) is 0 Å². The number of carbonyl (C=O) groups excluding carboxylic acids is 5. The molecule has 2 aromatic rings. The average Bonchev–Trinajstić information content (AvgIpc) is 2.98. The number of amides is 4. The van der Waals surface area contributed by atoms with E-state index in [0.29, 0.717) is 24.8 Å². The van der Waals surface area contributed by atoms with Gasteiger partial charge in [-0.1, -0.05) is 94.3 Å². The standard InChI is InChI=1S/C32H42N4O6/c1-5-6-17-25(33-21-37)29(38)34-26(18-22(2)3)30(39)35-27(19-23-13-9-7-10-14-23)31(40)36-28(32(41)42-4)20-24-15-11-8-12-16-24/h7-16,19,21-22,25-26,28H,5-6,17-18,20H2,1-4H3,(H,33,37)(H,34,38)(H,35,39)(H,36,40)/b27-19-/t25-,26-,28-/m0/s1. The zero-order valence-corrected chi connectivity index (χ0v) is 24.7. The second kappa shape index (κ2) is 18.1. The first kappa shape index (κ1) is 33.7. The average molecular weight is 579 g/mol. The van der Waals surface area contributed by atoms with Crippen LogP contribution in [0, 0.1) is 5.92 Å². The summed E-state index contributed by atoms with van der Waals surface area (Å²) in [5.41, 5.74) is 1.34. The molecule has 0 aliphatic rings. The molecule has 0 aromatic heterocycles. The number of unbranched alkanes of at least 4 members (excludes halogenated alkanes) is 1. The molecule has 226 valence electrons. The number of hydrogen-bond acceptors (Lipinski definition) is 6. The Kier molecular flexibility index (Phi) is 14.5. The summed E-state index contributed by atoms with van der Waals surface area (Å²) in [5, 5.41) is 10.6. The molecule has 0 saturated carbocycles. The minimum absolute atomic E-state index is 0.0270. The van der Waals surface area contributed by atoms with E-state index in [2.05, 4.69) is 21.3 Å². The smallest absolute Gasteiger partial charge is 0.328 e. The van der Waals surface area contributed by atoms with E-state index in [0.717, 1.165) is 12.0 Å². The summed E-state index contributed by atoms with van der Waals surface area (Å²) in [6.07, 6.45) is 4.41. The molecule has 3 atom stereocenters. The Bertz CT molecular complexity index is 1200. The van der Waals surface area contributed by atoms with Gasteiger partial charge in [0.05, 0.1) is 7.11 Å². The monoisotopic (exact) mass is 578 g/mol. The molecule has 0 saturated heterocycles. The van der Waals surface area contributed by atoms with Gasteiger partial charge in [0.1, 0.15) is 23.8 Å². The van der Waals surface area contributed by atoms with Crippen LogP contribution in [0.25, 0.3) is 6.08 Å². The number of rotatable bonds is 17. The summed E-state index contributed by atoms with van der Waals surface area (Å²) >= 11 is 0. The number of hydrogen-bond donors (Lipinski definition) is 4. The van der Waals surface area contributed by atoms with E-state index in [1.54, 1.807) is 24.3 Å². The summed E-state index contributed by atoms with van der Waals surface area (Å²) in [6.45, 7) is 5.78. The van der Waals surface area contributed by atoms with E-state index in [9.17, 15) is 24.0 Å². The third kappa shape index (κ3) is 11.6. The summed E-state index contributed by atoms with van der Waals surface area (Å²) < 4.78 is 4.92. The molecule has 4 amide bonds. The van der Waals surface area contributed by atoms with Gasteiger partial charge in [-0.25, -0.2) is 4.79 Å². The van der Waals surface area contributed by atoms with Crippen molar-refractivity contribution in [3.63, 3.8) is 0 Å². The minimum Gasteiger partial charge on any atom is -0.467 e. The van der Waals surface area contributed by atoms with Gasteiger partial charge in [0.15, 0.2) is 0 Å². The van der Waals surface area contributed by atoms with E-state index in [-0.39, 0.29) is 24.5 Å². The Morgan fingerprint density at radius 1 is 0.857 bits per heavy atom. The maximum Gasteiger partial charge on any atom is 0.328 e. The lowest BCUT2D eigenvalue weighted by Crippen LogP contribution is -2.54. The van der Waals surface area contributed by atoms with Gasteiger partial charge in [0, 0.05) is 6.42 Å². The van der Waals surface area contributed by atoms with Crippen molar-refractivity contribution in [1.29, 1.82) is 0 Å². The Balaban J connectivity index is 2.33. The van der Waals surface area contributed by atoms with E-state index >= 15 is 0 Å². The zero-order chi connectivity index (χ0) is 30.9. The fourth-order valence-corrected chi connectivity index (χ4v) is 4.27. The molecule has 0 aliphatic carbocycles. The summed E-state index contributed by atoms with van der Waals surface area (Å²) in [4.78, 5) is 63.8. The zero-order valence-electron chi connectivity index (χ0n) is 24.7. The number of nitrogens with one attached hydrogen (secondary N) is 4. The van der Waals surface area contributed by atoms with Gasteiger partial charge in [0.2, 0.25) is 18.2 Å². The Hall–Kier alpha value is -4.47. The molecular formula is C32H42N4O6. The molecule has 2 aromatic carbocycles. The van der Waals surface area contributed by atoms with Crippen molar-refractivity contribution in [2.24, 2.45) is 5.92 Å².